The number of aromatic hydroxyl groups is 2. The monoisotopic (exact) mass is 282 g/mol. The fraction of sp³-hybridized carbons (Fsp3) is 0.278. The summed E-state index contributed by atoms with van der Waals surface area (Å²) in [5.41, 5.74) is 4.28. The van der Waals surface area contributed by atoms with Crippen molar-refractivity contribution in [3.05, 3.63) is 57.6 Å². The van der Waals surface area contributed by atoms with E-state index in [4.69, 9.17) is 0 Å². The van der Waals surface area contributed by atoms with Gasteiger partial charge in [0, 0.05) is 0 Å². The Kier molecular flexibility index (Phi) is 3.20. The second kappa shape index (κ2) is 4.92. The third-order valence-corrected chi connectivity index (χ3v) is 4.28. The SMILES string of the molecule is CCc1cc2c(c(O)c1CC)C(=O)c1c(O)cccc1C2. The van der Waals surface area contributed by atoms with Gasteiger partial charge in [0.05, 0.1) is 11.1 Å². The van der Waals surface area contributed by atoms with Crippen molar-refractivity contribution in [3.63, 3.8) is 0 Å². The molecule has 0 spiro atoms. The van der Waals surface area contributed by atoms with Crippen LogP contribution in [0.1, 0.15) is 52.0 Å². The van der Waals surface area contributed by atoms with Crippen LogP contribution in [0.15, 0.2) is 24.3 Å². The number of aryl methyl sites for hydroxylation is 1. The van der Waals surface area contributed by atoms with Gasteiger partial charge in [-0.1, -0.05) is 32.0 Å². The number of ketones is 1. The van der Waals surface area contributed by atoms with Crippen molar-refractivity contribution < 1.29 is 15.0 Å². The third kappa shape index (κ3) is 1.92. The molecule has 2 aromatic rings. The Labute approximate surface area is 123 Å². The van der Waals surface area contributed by atoms with Gasteiger partial charge in [-0.15, -0.1) is 0 Å². The summed E-state index contributed by atoms with van der Waals surface area (Å²) in [4.78, 5) is 12.7. The molecule has 0 heterocycles. The highest BCUT2D eigenvalue weighted by molar-refractivity contribution is 6.15. The van der Waals surface area contributed by atoms with Gasteiger partial charge in [0.2, 0.25) is 5.78 Å². The minimum atomic E-state index is -0.279. The lowest BCUT2D eigenvalue weighted by molar-refractivity contribution is 0.102. The molecule has 3 nitrogen and oxygen atoms in total. The topological polar surface area (TPSA) is 57.5 Å². The summed E-state index contributed by atoms with van der Waals surface area (Å²) in [6.07, 6.45) is 2.07. The maximum atomic E-state index is 12.7. The molecule has 1 aliphatic carbocycles. The van der Waals surface area contributed by atoms with E-state index in [1.807, 2.05) is 26.0 Å². The normalized spacial score (nSPS) is 13.0. The van der Waals surface area contributed by atoms with E-state index >= 15 is 0 Å². The van der Waals surface area contributed by atoms with Crippen molar-refractivity contribution in [1.82, 2.24) is 0 Å². The first-order chi connectivity index (χ1) is 10.1. The average molecular weight is 282 g/mol. The smallest absolute Gasteiger partial charge is 0.201 e. The largest absolute Gasteiger partial charge is 0.507 e. The number of fused-ring (bicyclic) bond motifs is 2. The molecule has 0 saturated heterocycles. The fourth-order valence-electron chi connectivity index (χ4n) is 3.25. The van der Waals surface area contributed by atoms with Crippen LogP contribution >= 0.6 is 0 Å². The molecule has 0 saturated carbocycles. The van der Waals surface area contributed by atoms with Crippen molar-refractivity contribution in [3.8, 4) is 11.5 Å². The van der Waals surface area contributed by atoms with Gasteiger partial charge in [0.25, 0.3) is 0 Å². The minimum absolute atomic E-state index is 0.0137. The predicted molar refractivity (Wildman–Crippen MR) is 81.2 cm³/mol. The lowest BCUT2D eigenvalue weighted by Gasteiger charge is -2.23. The standard InChI is InChI=1S/C18H18O3/c1-3-10-8-12-9-11-6-5-7-14(19)15(11)18(21)16(12)17(20)13(10)4-2/h5-8,19-20H,3-4,9H2,1-2H3. The molecule has 0 aromatic heterocycles. The number of phenolic OH excluding ortho intramolecular Hbond substituents is 2. The van der Waals surface area contributed by atoms with Crippen molar-refractivity contribution in [1.29, 1.82) is 0 Å². The van der Waals surface area contributed by atoms with E-state index in [0.717, 1.165) is 28.7 Å². The number of carbonyl (C=O) groups excluding carboxylic acids is 1. The Morgan fingerprint density at radius 1 is 1.05 bits per heavy atom. The number of hydrogen-bond acceptors (Lipinski definition) is 3. The predicted octanol–water partition coefficient (Wildman–Crippen LogP) is 3.36. The zero-order chi connectivity index (χ0) is 15.1. The average Bonchev–Trinajstić information content (AvgIpc) is 2.46. The van der Waals surface area contributed by atoms with Gasteiger partial charge in [-0.25, -0.2) is 0 Å². The van der Waals surface area contributed by atoms with Crippen LogP contribution in [0.4, 0.5) is 0 Å². The van der Waals surface area contributed by atoms with Crippen LogP contribution in [0.3, 0.4) is 0 Å². The molecule has 0 unspecified atom stereocenters. The molecule has 1 aliphatic rings. The summed E-state index contributed by atoms with van der Waals surface area (Å²) < 4.78 is 0. The Morgan fingerprint density at radius 2 is 1.81 bits per heavy atom. The molecule has 2 aromatic carbocycles. The van der Waals surface area contributed by atoms with Gasteiger partial charge in [0.1, 0.15) is 11.5 Å². The van der Waals surface area contributed by atoms with Crippen molar-refractivity contribution in [2.24, 2.45) is 0 Å². The van der Waals surface area contributed by atoms with E-state index in [2.05, 4.69) is 0 Å². The first-order valence-electron chi connectivity index (χ1n) is 7.30. The summed E-state index contributed by atoms with van der Waals surface area (Å²) in [6, 6.07) is 7.14. The third-order valence-electron chi connectivity index (χ3n) is 4.28. The van der Waals surface area contributed by atoms with Crippen LogP contribution in [-0.2, 0) is 19.3 Å². The molecule has 0 atom stereocenters. The second-order valence-corrected chi connectivity index (χ2v) is 5.42. The number of hydrogen-bond donors (Lipinski definition) is 2. The van der Waals surface area contributed by atoms with E-state index in [1.165, 1.54) is 6.07 Å². The molecule has 21 heavy (non-hydrogen) atoms. The Hall–Kier alpha value is -2.29. The highest BCUT2D eigenvalue weighted by Gasteiger charge is 2.30. The van der Waals surface area contributed by atoms with Crippen LogP contribution in [0, 0.1) is 0 Å². The van der Waals surface area contributed by atoms with Gasteiger partial charge in [0.15, 0.2) is 0 Å². The summed E-state index contributed by atoms with van der Waals surface area (Å²) in [5.74, 6) is -0.204. The number of phenols is 2. The summed E-state index contributed by atoms with van der Waals surface area (Å²) in [6.45, 7) is 4.02. The Morgan fingerprint density at radius 3 is 2.48 bits per heavy atom. The lowest BCUT2D eigenvalue weighted by atomic mass is 9.81. The highest BCUT2D eigenvalue weighted by atomic mass is 16.3. The van der Waals surface area contributed by atoms with Crippen LogP contribution in [-0.4, -0.2) is 16.0 Å². The molecule has 0 bridgehead atoms. The maximum absolute atomic E-state index is 12.7. The Balaban J connectivity index is 2.28. The van der Waals surface area contributed by atoms with Crippen molar-refractivity contribution in [2.75, 3.05) is 0 Å². The highest BCUT2D eigenvalue weighted by Crippen LogP contribution is 2.39. The summed E-state index contributed by atoms with van der Waals surface area (Å²) in [7, 11) is 0. The first kappa shape index (κ1) is 13.7. The van der Waals surface area contributed by atoms with Gasteiger partial charge < -0.3 is 10.2 Å². The summed E-state index contributed by atoms with van der Waals surface area (Å²) >= 11 is 0. The molecule has 0 amide bonds. The summed E-state index contributed by atoms with van der Waals surface area (Å²) in [5, 5.41) is 20.5. The van der Waals surface area contributed by atoms with Crippen LogP contribution in [0.2, 0.25) is 0 Å². The molecule has 2 N–H and O–H groups in total. The fourth-order valence-corrected chi connectivity index (χ4v) is 3.25. The maximum Gasteiger partial charge on any atom is 0.201 e. The zero-order valence-electron chi connectivity index (χ0n) is 12.2. The molecular weight excluding hydrogens is 264 g/mol. The quantitative estimate of drug-likeness (QED) is 0.757. The van der Waals surface area contributed by atoms with E-state index < -0.39 is 0 Å². The van der Waals surface area contributed by atoms with Gasteiger partial charge >= 0.3 is 0 Å². The van der Waals surface area contributed by atoms with Crippen LogP contribution < -0.4 is 0 Å². The molecule has 108 valence electrons. The van der Waals surface area contributed by atoms with Crippen molar-refractivity contribution in [2.45, 2.75) is 33.1 Å². The van der Waals surface area contributed by atoms with E-state index in [-0.39, 0.29) is 17.3 Å². The molecule has 0 radical (unpaired) electrons. The van der Waals surface area contributed by atoms with Gasteiger partial charge in [-0.05, 0) is 47.6 Å². The number of carbonyl (C=O) groups is 1. The van der Waals surface area contributed by atoms with Crippen molar-refractivity contribution >= 4 is 5.78 Å². The number of rotatable bonds is 2. The molecule has 3 heteroatoms. The zero-order valence-corrected chi connectivity index (χ0v) is 12.2. The minimum Gasteiger partial charge on any atom is -0.507 e. The van der Waals surface area contributed by atoms with Crippen LogP contribution in [0.5, 0.6) is 11.5 Å². The van der Waals surface area contributed by atoms with E-state index in [9.17, 15) is 15.0 Å². The van der Waals surface area contributed by atoms with Gasteiger partial charge in [-0.2, -0.15) is 0 Å². The lowest BCUT2D eigenvalue weighted by Crippen LogP contribution is -2.17. The second-order valence-electron chi connectivity index (χ2n) is 5.42. The number of benzene rings is 2. The molecular formula is C18H18O3. The van der Waals surface area contributed by atoms with E-state index in [1.54, 1.807) is 6.07 Å². The molecule has 0 fully saturated rings. The first-order valence-corrected chi connectivity index (χ1v) is 7.30. The molecule has 3 rings (SSSR count). The van der Waals surface area contributed by atoms with Gasteiger partial charge in [-0.3, -0.25) is 4.79 Å². The van der Waals surface area contributed by atoms with E-state index in [0.29, 0.717) is 24.0 Å². The Bertz CT molecular complexity index is 745. The molecule has 0 aliphatic heterocycles. The van der Waals surface area contributed by atoms with Crippen LogP contribution in [0.25, 0.3) is 0 Å².